The maximum atomic E-state index is 13.3. The average molecular weight is 368 g/mol. The monoisotopic (exact) mass is 366 g/mol. The third-order valence-electron chi connectivity index (χ3n) is 3.04. The van der Waals surface area contributed by atoms with Gasteiger partial charge < -0.3 is 10.3 Å². The number of hydrogen-bond acceptors (Lipinski definition) is 3. The first kappa shape index (κ1) is 14.1. The van der Waals surface area contributed by atoms with Crippen LogP contribution in [0.3, 0.4) is 0 Å². The molecule has 0 bridgehead atoms. The molecule has 0 aliphatic rings. The summed E-state index contributed by atoms with van der Waals surface area (Å²) >= 11 is 9.30. The third-order valence-corrected chi connectivity index (χ3v) is 4.02. The number of hydrogen-bond donors (Lipinski definition) is 1. The van der Waals surface area contributed by atoms with Crippen LogP contribution in [-0.2, 0) is 0 Å². The summed E-state index contributed by atoms with van der Waals surface area (Å²) in [5, 5.41) is 3.82. The van der Waals surface area contributed by atoms with Gasteiger partial charge >= 0.3 is 0 Å². The number of aromatic nitrogens is 1. The molecule has 0 saturated heterocycles. The van der Waals surface area contributed by atoms with Crippen LogP contribution in [0, 0.1) is 5.82 Å². The fourth-order valence-corrected chi connectivity index (χ4v) is 2.72. The van der Waals surface area contributed by atoms with E-state index in [1.54, 1.807) is 6.07 Å². The van der Waals surface area contributed by atoms with Crippen LogP contribution >= 0.6 is 27.5 Å². The van der Waals surface area contributed by atoms with Crippen LogP contribution in [0.4, 0.5) is 10.2 Å². The molecule has 106 valence electrons. The van der Waals surface area contributed by atoms with Crippen molar-refractivity contribution in [3.8, 4) is 22.5 Å². The first-order valence-corrected chi connectivity index (χ1v) is 7.20. The van der Waals surface area contributed by atoms with Gasteiger partial charge in [-0.15, -0.1) is 0 Å². The second kappa shape index (κ2) is 5.50. The molecule has 1 heterocycles. The zero-order chi connectivity index (χ0) is 15.0. The molecule has 0 atom stereocenters. The van der Waals surface area contributed by atoms with E-state index in [9.17, 15) is 4.39 Å². The highest BCUT2D eigenvalue weighted by Crippen LogP contribution is 2.40. The number of nitrogens with zero attached hydrogens (tertiary/aromatic N) is 1. The van der Waals surface area contributed by atoms with Crippen LogP contribution < -0.4 is 5.73 Å². The van der Waals surface area contributed by atoms with Gasteiger partial charge in [0.1, 0.15) is 5.82 Å². The highest BCUT2D eigenvalue weighted by molar-refractivity contribution is 9.10. The largest absolute Gasteiger partial charge is 0.380 e. The molecule has 6 heteroatoms. The molecule has 0 fully saturated rings. The molecule has 0 amide bonds. The van der Waals surface area contributed by atoms with Gasteiger partial charge in [0.15, 0.2) is 11.6 Å². The number of benzene rings is 2. The summed E-state index contributed by atoms with van der Waals surface area (Å²) in [5.74, 6) is 0.217. The molecule has 0 aliphatic carbocycles. The van der Waals surface area contributed by atoms with Crippen LogP contribution in [0.2, 0.25) is 5.02 Å². The fraction of sp³-hybridized carbons (Fsp3) is 0. The minimum Gasteiger partial charge on any atom is -0.380 e. The average Bonchev–Trinajstić information content (AvgIpc) is 2.84. The van der Waals surface area contributed by atoms with Crippen molar-refractivity contribution in [2.45, 2.75) is 0 Å². The molecule has 0 aliphatic heterocycles. The second-order valence-corrected chi connectivity index (χ2v) is 5.64. The minimum atomic E-state index is -0.490. The standard InChI is InChI=1S/C15H9BrClFN2O/c16-10-4-2-1-3-9(10)13-14(21-20-15(13)19)8-5-6-12(18)11(17)7-8/h1-7H,(H2,19,20). The zero-order valence-electron chi connectivity index (χ0n) is 10.6. The molecule has 3 aromatic rings. The van der Waals surface area contributed by atoms with Gasteiger partial charge in [-0.3, -0.25) is 0 Å². The molecule has 0 spiro atoms. The van der Waals surface area contributed by atoms with Gasteiger partial charge in [-0.1, -0.05) is 50.9 Å². The number of nitrogens with two attached hydrogens (primary N) is 1. The van der Waals surface area contributed by atoms with Crippen molar-refractivity contribution in [2.24, 2.45) is 0 Å². The van der Waals surface area contributed by atoms with Gasteiger partial charge in [0, 0.05) is 15.6 Å². The van der Waals surface area contributed by atoms with Gasteiger partial charge in [-0.2, -0.15) is 0 Å². The Labute approximate surface area is 133 Å². The van der Waals surface area contributed by atoms with Crippen LogP contribution in [0.25, 0.3) is 22.5 Å². The quantitative estimate of drug-likeness (QED) is 0.682. The van der Waals surface area contributed by atoms with E-state index in [-0.39, 0.29) is 10.8 Å². The molecule has 1 aromatic heterocycles. The number of rotatable bonds is 2. The molecular formula is C15H9BrClFN2O. The predicted octanol–water partition coefficient (Wildman–Crippen LogP) is 5.15. The summed E-state index contributed by atoms with van der Waals surface area (Å²) in [6, 6.07) is 11.9. The lowest BCUT2D eigenvalue weighted by molar-refractivity contribution is 0.436. The molecular weight excluding hydrogens is 359 g/mol. The first-order valence-electron chi connectivity index (χ1n) is 6.03. The van der Waals surface area contributed by atoms with E-state index in [1.807, 2.05) is 24.3 Å². The van der Waals surface area contributed by atoms with E-state index in [4.69, 9.17) is 21.9 Å². The van der Waals surface area contributed by atoms with Crippen LogP contribution in [0.1, 0.15) is 0 Å². The lowest BCUT2D eigenvalue weighted by Gasteiger charge is -2.05. The first-order chi connectivity index (χ1) is 10.1. The van der Waals surface area contributed by atoms with Crippen molar-refractivity contribution < 1.29 is 8.91 Å². The maximum Gasteiger partial charge on any atom is 0.177 e. The van der Waals surface area contributed by atoms with Crippen molar-refractivity contribution >= 4 is 33.3 Å². The second-order valence-electron chi connectivity index (χ2n) is 4.38. The highest BCUT2D eigenvalue weighted by Gasteiger charge is 2.20. The smallest absolute Gasteiger partial charge is 0.177 e. The molecule has 21 heavy (non-hydrogen) atoms. The number of anilines is 1. The predicted molar refractivity (Wildman–Crippen MR) is 84.5 cm³/mol. The molecule has 3 nitrogen and oxygen atoms in total. The van der Waals surface area contributed by atoms with Crippen LogP contribution in [0.5, 0.6) is 0 Å². The zero-order valence-corrected chi connectivity index (χ0v) is 13.0. The van der Waals surface area contributed by atoms with E-state index < -0.39 is 5.82 Å². The Hall–Kier alpha value is -1.85. The summed E-state index contributed by atoms with van der Waals surface area (Å²) in [6.07, 6.45) is 0. The van der Waals surface area contributed by atoms with E-state index in [0.29, 0.717) is 16.9 Å². The van der Waals surface area contributed by atoms with Crippen molar-refractivity contribution in [3.63, 3.8) is 0 Å². The lowest BCUT2D eigenvalue weighted by Crippen LogP contribution is -1.90. The summed E-state index contributed by atoms with van der Waals surface area (Å²) in [4.78, 5) is 0. The van der Waals surface area contributed by atoms with Crippen molar-refractivity contribution in [1.82, 2.24) is 5.16 Å². The van der Waals surface area contributed by atoms with Crippen molar-refractivity contribution in [3.05, 3.63) is 57.8 Å². The molecule has 0 unspecified atom stereocenters. The Kier molecular flexibility index (Phi) is 3.69. The van der Waals surface area contributed by atoms with Crippen molar-refractivity contribution in [1.29, 1.82) is 0 Å². The number of halogens is 3. The molecule has 0 saturated carbocycles. The summed E-state index contributed by atoms with van der Waals surface area (Å²) in [7, 11) is 0. The van der Waals surface area contributed by atoms with Gasteiger partial charge in [0.05, 0.1) is 10.6 Å². The maximum absolute atomic E-state index is 13.3. The van der Waals surface area contributed by atoms with E-state index >= 15 is 0 Å². The Bertz CT molecular complexity index is 819. The van der Waals surface area contributed by atoms with Crippen LogP contribution in [-0.4, -0.2) is 5.16 Å². The molecule has 2 N–H and O–H groups in total. The van der Waals surface area contributed by atoms with E-state index in [0.717, 1.165) is 10.0 Å². The lowest BCUT2D eigenvalue weighted by atomic mass is 10.0. The topological polar surface area (TPSA) is 52.0 Å². The molecule has 3 rings (SSSR count). The summed E-state index contributed by atoms with van der Waals surface area (Å²) < 4.78 is 19.5. The van der Waals surface area contributed by atoms with Gasteiger partial charge in [-0.25, -0.2) is 4.39 Å². The van der Waals surface area contributed by atoms with Gasteiger partial charge in [0.2, 0.25) is 0 Å². The Balaban J connectivity index is 2.22. The normalized spacial score (nSPS) is 10.8. The summed E-state index contributed by atoms with van der Waals surface area (Å²) in [5.41, 5.74) is 8.01. The molecule has 2 aromatic carbocycles. The van der Waals surface area contributed by atoms with E-state index in [1.165, 1.54) is 12.1 Å². The van der Waals surface area contributed by atoms with Gasteiger partial charge in [0.25, 0.3) is 0 Å². The summed E-state index contributed by atoms with van der Waals surface area (Å²) in [6.45, 7) is 0. The molecule has 0 radical (unpaired) electrons. The Morgan fingerprint density at radius 2 is 1.95 bits per heavy atom. The third kappa shape index (κ3) is 2.54. The van der Waals surface area contributed by atoms with Crippen LogP contribution in [0.15, 0.2) is 51.5 Å². The fourth-order valence-electron chi connectivity index (χ4n) is 2.06. The highest BCUT2D eigenvalue weighted by atomic mass is 79.9. The Morgan fingerprint density at radius 3 is 2.67 bits per heavy atom. The van der Waals surface area contributed by atoms with Gasteiger partial charge in [-0.05, 0) is 24.3 Å². The minimum absolute atomic E-state index is 0.0144. The SMILES string of the molecule is Nc1noc(-c2ccc(F)c(Cl)c2)c1-c1ccccc1Br. The number of nitrogen functional groups attached to an aromatic ring is 1. The van der Waals surface area contributed by atoms with E-state index in [2.05, 4.69) is 21.1 Å². The van der Waals surface area contributed by atoms with Crippen molar-refractivity contribution in [2.75, 3.05) is 5.73 Å². The Morgan fingerprint density at radius 1 is 1.19 bits per heavy atom.